The molecule has 0 fully saturated rings. The fourth-order valence-electron chi connectivity index (χ4n) is 2.65. The third kappa shape index (κ3) is 2.44. The number of halogens is 1. The lowest BCUT2D eigenvalue weighted by Crippen LogP contribution is -1.95. The molecule has 0 spiro atoms. The van der Waals surface area contributed by atoms with E-state index in [1.165, 1.54) is 16.7 Å². The van der Waals surface area contributed by atoms with E-state index in [9.17, 15) is 0 Å². The minimum atomic E-state index is -0.0979. The number of hydrogen-bond donors (Lipinski definition) is 0. The van der Waals surface area contributed by atoms with Crippen LogP contribution in [0.15, 0.2) is 36.5 Å². The maximum atomic E-state index is 6.43. The van der Waals surface area contributed by atoms with Crippen molar-refractivity contribution < 1.29 is 0 Å². The van der Waals surface area contributed by atoms with Crippen LogP contribution in [0.5, 0.6) is 0 Å². The van der Waals surface area contributed by atoms with Gasteiger partial charge in [0.1, 0.15) is 5.65 Å². The molecule has 0 saturated heterocycles. The molecular formula is C18H19ClN2. The first kappa shape index (κ1) is 14.2. The van der Waals surface area contributed by atoms with Crippen LogP contribution in [0.2, 0.25) is 0 Å². The van der Waals surface area contributed by atoms with Crippen molar-refractivity contribution in [1.82, 2.24) is 9.38 Å². The highest BCUT2D eigenvalue weighted by Crippen LogP contribution is 2.33. The Morgan fingerprint density at radius 3 is 2.48 bits per heavy atom. The molecule has 0 radical (unpaired) electrons. The first-order valence-electron chi connectivity index (χ1n) is 7.17. The second kappa shape index (κ2) is 5.19. The summed E-state index contributed by atoms with van der Waals surface area (Å²) in [7, 11) is 0. The van der Waals surface area contributed by atoms with Gasteiger partial charge in [0, 0.05) is 11.8 Å². The predicted octanol–water partition coefficient (Wildman–Crippen LogP) is 5.23. The molecule has 108 valence electrons. The van der Waals surface area contributed by atoms with Gasteiger partial charge in [0.15, 0.2) is 0 Å². The summed E-state index contributed by atoms with van der Waals surface area (Å²) in [5.74, 6) is 0. The number of imidazole rings is 1. The monoisotopic (exact) mass is 298 g/mol. The molecule has 1 aromatic carbocycles. The van der Waals surface area contributed by atoms with Crippen molar-refractivity contribution in [3.05, 3.63) is 58.9 Å². The first-order valence-corrected chi connectivity index (χ1v) is 7.61. The van der Waals surface area contributed by atoms with E-state index in [4.69, 9.17) is 16.6 Å². The van der Waals surface area contributed by atoms with Gasteiger partial charge in [0.05, 0.1) is 16.8 Å². The standard InChI is InChI=1S/C18H19ClN2/c1-11-7-8-21-16(9-11)20-17(18(21)14(4)19)15-6-5-12(2)13(3)10-15/h5-10,14H,1-4H3. The summed E-state index contributed by atoms with van der Waals surface area (Å²) in [6.07, 6.45) is 2.05. The summed E-state index contributed by atoms with van der Waals surface area (Å²) in [4.78, 5) is 4.81. The van der Waals surface area contributed by atoms with Gasteiger partial charge in [-0.05, 0) is 62.6 Å². The lowest BCUT2D eigenvalue weighted by atomic mass is 10.0. The summed E-state index contributed by atoms with van der Waals surface area (Å²) in [5.41, 5.74) is 7.87. The average Bonchev–Trinajstić information content (AvgIpc) is 2.80. The Morgan fingerprint density at radius 2 is 1.81 bits per heavy atom. The number of alkyl halides is 1. The summed E-state index contributed by atoms with van der Waals surface area (Å²) in [5, 5.41) is -0.0979. The number of rotatable bonds is 2. The van der Waals surface area contributed by atoms with Gasteiger partial charge >= 0.3 is 0 Å². The molecule has 1 atom stereocenters. The number of benzene rings is 1. The Balaban J connectivity index is 2.30. The third-order valence-electron chi connectivity index (χ3n) is 3.98. The molecule has 1 unspecified atom stereocenters. The highest BCUT2D eigenvalue weighted by Gasteiger charge is 2.18. The SMILES string of the molecule is Cc1ccn2c(C(C)Cl)c(-c3ccc(C)c(C)c3)nc2c1. The molecule has 3 aromatic rings. The van der Waals surface area contributed by atoms with Gasteiger partial charge in [-0.1, -0.05) is 12.1 Å². The lowest BCUT2D eigenvalue weighted by Gasteiger charge is -2.08. The Kier molecular flexibility index (Phi) is 3.50. The third-order valence-corrected chi connectivity index (χ3v) is 4.18. The van der Waals surface area contributed by atoms with Gasteiger partial charge in [-0.25, -0.2) is 4.98 Å². The first-order chi connectivity index (χ1) is 9.97. The maximum Gasteiger partial charge on any atom is 0.137 e. The lowest BCUT2D eigenvalue weighted by molar-refractivity contribution is 0.963. The second-order valence-electron chi connectivity index (χ2n) is 5.69. The van der Waals surface area contributed by atoms with E-state index in [0.717, 1.165) is 22.6 Å². The smallest absolute Gasteiger partial charge is 0.137 e. The van der Waals surface area contributed by atoms with Crippen LogP contribution in [0.4, 0.5) is 0 Å². The highest BCUT2D eigenvalue weighted by atomic mass is 35.5. The average molecular weight is 299 g/mol. The maximum absolute atomic E-state index is 6.43. The van der Waals surface area contributed by atoms with Crippen LogP contribution in [0.1, 0.15) is 34.7 Å². The van der Waals surface area contributed by atoms with Gasteiger partial charge in [0.2, 0.25) is 0 Å². The van der Waals surface area contributed by atoms with Gasteiger partial charge in [-0.15, -0.1) is 11.6 Å². The predicted molar refractivity (Wildman–Crippen MR) is 89.1 cm³/mol. The number of pyridine rings is 1. The van der Waals surface area contributed by atoms with Crippen LogP contribution >= 0.6 is 11.6 Å². The van der Waals surface area contributed by atoms with Crippen LogP contribution in [0, 0.1) is 20.8 Å². The van der Waals surface area contributed by atoms with Crippen molar-refractivity contribution in [3.8, 4) is 11.3 Å². The molecule has 0 bridgehead atoms. The van der Waals surface area contributed by atoms with Gasteiger partial charge < -0.3 is 4.40 Å². The molecule has 2 aromatic heterocycles. The molecule has 21 heavy (non-hydrogen) atoms. The topological polar surface area (TPSA) is 17.3 Å². The zero-order valence-electron chi connectivity index (χ0n) is 12.8. The minimum Gasteiger partial charge on any atom is -0.302 e. The van der Waals surface area contributed by atoms with E-state index in [-0.39, 0.29) is 5.38 Å². The number of fused-ring (bicyclic) bond motifs is 1. The van der Waals surface area contributed by atoms with Crippen LogP contribution in [0.3, 0.4) is 0 Å². The Hall–Kier alpha value is -1.80. The van der Waals surface area contributed by atoms with Crippen LogP contribution in [-0.4, -0.2) is 9.38 Å². The number of hydrogen-bond acceptors (Lipinski definition) is 1. The van der Waals surface area contributed by atoms with Crippen molar-refractivity contribution in [2.24, 2.45) is 0 Å². The van der Waals surface area contributed by atoms with E-state index in [0.29, 0.717) is 0 Å². The highest BCUT2D eigenvalue weighted by molar-refractivity contribution is 6.20. The molecule has 2 nitrogen and oxygen atoms in total. The van der Waals surface area contributed by atoms with E-state index in [2.05, 4.69) is 61.7 Å². The Bertz CT molecular complexity index is 815. The fraction of sp³-hybridized carbons (Fsp3) is 0.278. The fourth-order valence-corrected chi connectivity index (χ4v) is 2.86. The molecule has 0 aliphatic rings. The zero-order valence-corrected chi connectivity index (χ0v) is 13.6. The van der Waals surface area contributed by atoms with E-state index in [1.807, 2.05) is 6.92 Å². The molecular weight excluding hydrogens is 280 g/mol. The zero-order chi connectivity index (χ0) is 15.1. The molecule has 3 rings (SSSR count). The van der Waals surface area contributed by atoms with Gasteiger partial charge in [-0.2, -0.15) is 0 Å². The molecule has 3 heteroatoms. The molecule has 2 heterocycles. The summed E-state index contributed by atoms with van der Waals surface area (Å²) in [6.45, 7) is 8.32. The van der Waals surface area contributed by atoms with E-state index >= 15 is 0 Å². The van der Waals surface area contributed by atoms with Crippen molar-refractivity contribution in [2.75, 3.05) is 0 Å². The normalized spacial score (nSPS) is 12.8. The quantitative estimate of drug-likeness (QED) is 0.592. The number of aryl methyl sites for hydroxylation is 3. The van der Waals surface area contributed by atoms with Crippen molar-refractivity contribution in [1.29, 1.82) is 0 Å². The van der Waals surface area contributed by atoms with Crippen molar-refractivity contribution >= 4 is 17.2 Å². The summed E-state index contributed by atoms with van der Waals surface area (Å²) in [6, 6.07) is 10.6. The largest absolute Gasteiger partial charge is 0.302 e. The van der Waals surface area contributed by atoms with Crippen LogP contribution < -0.4 is 0 Å². The molecule has 0 aliphatic heterocycles. The van der Waals surface area contributed by atoms with Gasteiger partial charge in [0.25, 0.3) is 0 Å². The van der Waals surface area contributed by atoms with Crippen molar-refractivity contribution in [2.45, 2.75) is 33.1 Å². The molecule has 0 N–H and O–H groups in total. The van der Waals surface area contributed by atoms with E-state index in [1.54, 1.807) is 0 Å². The Labute approximate surface area is 130 Å². The Morgan fingerprint density at radius 1 is 1.05 bits per heavy atom. The molecule has 0 saturated carbocycles. The molecule has 0 amide bonds. The van der Waals surface area contributed by atoms with Crippen molar-refractivity contribution in [3.63, 3.8) is 0 Å². The number of nitrogens with zero attached hydrogens (tertiary/aromatic N) is 2. The summed E-state index contributed by atoms with van der Waals surface area (Å²) < 4.78 is 2.09. The van der Waals surface area contributed by atoms with Crippen LogP contribution in [-0.2, 0) is 0 Å². The number of aromatic nitrogens is 2. The van der Waals surface area contributed by atoms with Gasteiger partial charge in [-0.3, -0.25) is 0 Å². The van der Waals surface area contributed by atoms with E-state index < -0.39 is 0 Å². The summed E-state index contributed by atoms with van der Waals surface area (Å²) >= 11 is 6.43. The minimum absolute atomic E-state index is 0.0979. The molecule has 0 aliphatic carbocycles. The second-order valence-corrected chi connectivity index (χ2v) is 6.35. The van der Waals surface area contributed by atoms with Crippen LogP contribution in [0.25, 0.3) is 16.9 Å².